The third-order valence-electron chi connectivity index (χ3n) is 1.75. The molecule has 1 aliphatic rings. The first-order valence-electron chi connectivity index (χ1n) is 3.67. The van der Waals surface area contributed by atoms with Crippen molar-refractivity contribution in [1.82, 2.24) is 0 Å². The van der Waals surface area contributed by atoms with Crippen LogP contribution in [0.3, 0.4) is 0 Å². The Balaban J connectivity index is 2.37. The van der Waals surface area contributed by atoms with Crippen LogP contribution in [0.5, 0.6) is 5.75 Å². The summed E-state index contributed by atoms with van der Waals surface area (Å²) in [6, 6.07) is 8.26. The van der Waals surface area contributed by atoms with Crippen molar-refractivity contribution in [2.75, 3.05) is 16.3 Å². The molecule has 0 saturated carbocycles. The van der Waals surface area contributed by atoms with Gasteiger partial charge in [0.05, 0.1) is 0 Å². The van der Waals surface area contributed by atoms with Gasteiger partial charge in [-0.2, -0.15) is 0 Å². The van der Waals surface area contributed by atoms with Crippen LogP contribution in [0.4, 0.5) is 5.69 Å². The minimum absolute atomic E-state index is 0.121. The van der Waals surface area contributed by atoms with Crippen LogP contribution in [0, 0.1) is 0 Å². The zero-order valence-electron chi connectivity index (χ0n) is 6.34. The Morgan fingerprint density at radius 3 is 3.08 bits per heavy atom. The van der Waals surface area contributed by atoms with Crippen LogP contribution >= 0.6 is 18.6 Å². The molecule has 2 nitrogen and oxygen atoms in total. The van der Waals surface area contributed by atoms with Crippen molar-refractivity contribution >= 4 is 24.3 Å². The van der Waals surface area contributed by atoms with E-state index in [-0.39, 0.29) is 17.5 Å². The normalized spacial score (nSPS) is 15.6. The summed E-state index contributed by atoms with van der Waals surface area (Å²) >= 11 is 2.60. The summed E-state index contributed by atoms with van der Waals surface area (Å²) in [5.41, 5.74) is 1.27. The zero-order chi connectivity index (χ0) is 8.39. The maximum atomic E-state index is 5.53. The van der Waals surface area contributed by atoms with Gasteiger partial charge in [-0.25, -0.2) is 0 Å². The van der Waals surface area contributed by atoms with Crippen LogP contribution in [0.15, 0.2) is 24.3 Å². The monoisotopic (exact) mass is 388 g/mol. The fourth-order valence-electron chi connectivity index (χ4n) is 1.20. The summed E-state index contributed by atoms with van der Waals surface area (Å²) in [6.07, 6.45) is 0. The van der Waals surface area contributed by atoms with Gasteiger partial charge in [-0.1, -0.05) is 0 Å². The number of hydrogen-bond acceptors (Lipinski definition) is 2. The number of para-hydroxylation sites is 2. The van der Waals surface area contributed by atoms with Gasteiger partial charge in [0.15, 0.2) is 0 Å². The molecule has 0 N–H and O–H groups in total. The van der Waals surface area contributed by atoms with Crippen LogP contribution in [-0.4, -0.2) is 13.2 Å². The number of anilines is 1. The van der Waals surface area contributed by atoms with Gasteiger partial charge in [0, 0.05) is 0 Å². The van der Waals surface area contributed by atoms with Crippen molar-refractivity contribution in [3.8, 4) is 5.75 Å². The molecule has 0 bridgehead atoms. The average Bonchev–Trinajstić information content (AvgIpc) is 2.17. The van der Waals surface area contributed by atoms with Gasteiger partial charge in [0.1, 0.15) is 0 Å². The van der Waals surface area contributed by atoms with E-state index < -0.39 is 0 Å². The second-order valence-electron chi connectivity index (χ2n) is 2.47. The van der Waals surface area contributed by atoms with Crippen molar-refractivity contribution in [2.24, 2.45) is 0 Å². The molecule has 0 saturated heterocycles. The zero-order valence-corrected chi connectivity index (χ0v) is 10.7. The predicted molar refractivity (Wildman–Crippen MR) is 53.3 cm³/mol. The first kappa shape index (κ1) is 8.86. The first-order valence-corrected chi connectivity index (χ1v) is 10.9. The summed E-state index contributed by atoms with van der Waals surface area (Å²) in [4.78, 5) is 0. The van der Waals surface area contributed by atoms with Gasteiger partial charge in [0.2, 0.25) is 0 Å². The van der Waals surface area contributed by atoms with Gasteiger partial charge >= 0.3 is 92.8 Å². The van der Waals surface area contributed by atoms with Gasteiger partial charge in [-0.05, 0) is 0 Å². The molecule has 12 heavy (non-hydrogen) atoms. The Morgan fingerprint density at radius 2 is 2.25 bits per heavy atom. The number of ether oxygens (including phenoxy) is 1. The Labute approximate surface area is 92.1 Å². The van der Waals surface area contributed by atoms with E-state index in [1.54, 1.807) is 0 Å². The molecule has 1 aliphatic heterocycles. The molecule has 66 valence electrons. The number of rotatable bonds is 1. The summed E-state index contributed by atoms with van der Waals surface area (Å²) < 4.78 is 7.96. The molecule has 0 fully saturated rings. The fourth-order valence-corrected chi connectivity index (χ4v) is 4.72. The van der Waals surface area contributed by atoms with Gasteiger partial charge < -0.3 is 0 Å². The van der Waals surface area contributed by atoms with E-state index in [9.17, 15) is 0 Å². The van der Waals surface area contributed by atoms with Gasteiger partial charge in [-0.3, -0.25) is 0 Å². The van der Waals surface area contributed by atoms with E-state index in [1.807, 2.05) is 12.1 Å². The summed E-state index contributed by atoms with van der Waals surface area (Å²) in [7, 11) is 0. The molecule has 0 amide bonds. The van der Waals surface area contributed by atoms with E-state index in [1.165, 1.54) is 5.69 Å². The van der Waals surface area contributed by atoms with E-state index in [0.29, 0.717) is 0 Å². The van der Waals surface area contributed by atoms with E-state index in [2.05, 4.69) is 33.9 Å². The Hall–Kier alpha value is 0.280. The van der Waals surface area contributed by atoms with Crippen LogP contribution in [0.2, 0.25) is 0 Å². The minimum atomic E-state index is 0.121. The molecule has 0 atom stereocenters. The maximum absolute atomic E-state index is 5.53. The van der Waals surface area contributed by atoms with Crippen molar-refractivity contribution in [1.29, 1.82) is 0 Å². The average molecular weight is 388 g/mol. The fraction of sp³-hybridized carbons (Fsp3) is 0.250. The molecule has 0 aliphatic carbocycles. The third-order valence-corrected chi connectivity index (χ3v) is 6.14. The number of halogens is 2. The number of fused-ring (bicyclic) bond motifs is 1. The predicted octanol–water partition coefficient (Wildman–Crippen LogP) is -0.761. The van der Waals surface area contributed by atoms with Crippen LogP contribution in [-0.2, 0) is 0 Å². The quantitative estimate of drug-likeness (QED) is 0.464. The topological polar surface area (TPSA) is 12.5 Å². The molecule has 0 radical (unpaired) electrons. The molecule has 4 heteroatoms. The van der Waals surface area contributed by atoms with Crippen molar-refractivity contribution < 1.29 is 22.2 Å². The van der Waals surface area contributed by atoms with Crippen LogP contribution in [0.25, 0.3) is 0 Å². The first-order chi connectivity index (χ1) is 5.92. The molecular formula is C8H8I2NO-. The number of nitrogens with zero attached hydrogens (tertiary/aromatic N) is 1. The Bertz CT molecular complexity index is 280. The van der Waals surface area contributed by atoms with Gasteiger partial charge in [-0.15, -0.1) is 0 Å². The van der Waals surface area contributed by atoms with Crippen molar-refractivity contribution in [2.45, 2.75) is 0 Å². The molecule has 1 heterocycles. The third kappa shape index (κ3) is 1.63. The molecular weight excluding hydrogens is 380 g/mol. The van der Waals surface area contributed by atoms with E-state index in [0.717, 1.165) is 18.9 Å². The number of hydrogen-bond donors (Lipinski definition) is 0. The van der Waals surface area contributed by atoms with Crippen molar-refractivity contribution in [3.05, 3.63) is 24.3 Å². The summed E-state index contributed by atoms with van der Waals surface area (Å²) in [5.74, 6) is 1.04. The van der Waals surface area contributed by atoms with Crippen LogP contribution < -0.4 is 25.4 Å². The second kappa shape index (κ2) is 3.99. The standard InChI is InChI=1S/C8H8I2NO/c9-10-11-5-6-12-8-4-2-1-3-7(8)11/h1-4H,5-6H2/q-1. The molecule has 2 rings (SSSR count). The number of benzene rings is 1. The van der Waals surface area contributed by atoms with E-state index in [4.69, 9.17) is 4.74 Å². The van der Waals surface area contributed by atoms with Crippen molar-refractivity contribution in [3.63, 3.8) is 0 Å². The molecule has 0 unspecified atom stereocenters. The second-order valence-corrected chi connectivity index (χ2v) is 6.44. The molecule has 1 aromatic rings. The van der Waals surface area contributed by atoms with Gasteiger partial charge in [0.25, 0.3) is 0 Å². The molecule has 0 spiro atoms. The Morgan fingerprint density at radius 1 is 1.42 bits per heavy atom. The summed E-state index contributed by atoms with van der Waals surface area (Å²) in [5, 5.41) is 0. The molecule has 0 aromatic heterocycles. The summed E-state index contributed by atoms with van der Waals surface area (Å²) in [6.45, 7) is 1.88. The van der Waals surface area contributed by atoms with E-state index >= 15 is 0 Å². The SMILES string of the molecule is I[I-]N1CCOc2ccccc21. The molecule has 1 aromatic carbocycles. The Kier molecular flexibility index (Phi) is 2.95. The van der Waals surface area contributed by atoms with Crippen LogP contribution in [0.1, 0.15) is 0 Å².